The molecule has 0 unspecified atom stereocenters. The third-order valence-corrected chi connectivity index (χ3v) is 2.73. The molecule has 0 saturated heterocycles. The average molecular weight is 301 g/mol. The summed E-state index contributed by atoms with van der Waals surface area (Å²) >= 11 is 0. The Kier molecular flexibility index (Phi) is 8.59. The van der Waals surface area contributed by atoms with Crippen molar-refractivity contribution in [1.29, 1.82) is 0 Å². The first-order valence-corrected chi connectivity index (χ1v) is 6.20. The number of rotatable bonds is 7. The van der Waals surface area contributed by atoms with Crippen LogP contribution < -0.4 is 5.32 Å². The number of nitrogens with one attached hydrogen (secondary N) is 1. The fourth-order valence-corrected chi connectivity index (χ4v) is 1.57. The number of carbonyl (C=O) groups excluding carboxylic acids is 1. The van der Waals surface area contributed by atoms with Crippen LogP contribution in [0.4, 0.5) is 0 Å². The molecule has 0 aliphatic rings. The van der Waals surface area contributed by atoms with Crippen molar-refractivity contribution >= 4 is 24.3 Å². The topological polar surface area (TPSA) is 69.6 Å². The molecule has 0 bridgehead atoms. The number of carbonyl (C=O) groups is 2. The van der Waals surface area contributed by atoms with Crippen LogP contribution in [0.5, 0.6) is 0 Å². The lowest BCUT2D eigenvalue weighted by Crippen LogP contribution is -2.35. The van der Waals surface area contributed by atoms with E-state index >= 15 is 0 Å². The Morgan fingerprint density at radius 3 is 2.40 bits per heavy atom. The Bertz CT molecular complexity index is 435. The number of benzene rings is 1. The highest BCUT2D eigenvalue weighted by atomic mass is 35.5. The van der Waals surface area contributed by atoms with Crippen LogP contribution in [0.1, 0.15) is 17.5 Å². The number of carboxylic acids is 1. The summed E-state index contributed by atoms with van der Waals surface area (Å²) < 4.78 is 0. The Balaban J connectivity index is 0.00000361. The molecule has 0 saturated carbocycles. The summed E-state index contributed by atoms with van der Waals surface area (Å²) in [5, 5.41) is 11.4. The SMILES string of the molecule is Cc1ccc(CNC(=O)CN(C)CCC(=O)O)cc1.Cl. The van der Waals surface area contributed by atoms with E-state index in [0.717, 1.165) is 5.56 Å². The second-order valence-corrected chi connectivity index (χ2v) is 4.64. The number of carboxylic acid groups (broad SMARTS) is 1. The minimum Gasteiger partial charge on any atom is -0.481 e. The van der Waals surface area contributed by atoms with Gasteiger partial charge in [0, 0.05) is 13.1 Å². The molecule has 0 aliphatic heterocycles. The summed E-state index contributed by atoms with van der Waals surface area (Å²) in [5.74, 6) is -0.958. The number of halogens is 1. The van der Waals surface area contributed by atoms with E-state index in [2.05, 4.69) is 5.32 Å². The molecule has 0 aliphatic carbocycles. The zero-order chi connectivity index (χ0) is 14.3. The molecule has 0 heterocycles. The number of aliphatic carboxylic acids is 1. The van der Waals surface area contributed by atoms with Crippen LogP contribution >= 0.6 is 12.4 Å². The molecule has 6 heteroatoms. The van der Waals surface area contributed by atoms with Gasteiger partial charge in [0.25, 0.3) is 0 Å². The van der Waals surface area contributed by atoms with Crippen molar-refractivity contribution < 1.29 is 14.7 Å². The molecule has 0 atom stereocenters. The first-order chi connectivity index (χ1) is 8.97. The summed E-state index contributed by atoms with van der Waals surface area (Å²) in [6.45, 7) is 3.08. The maximum Gasteiger partial charge on any atom is 0.304 e. The molecule has 0 fully saturated rings. The van der Waals surface area contributed by atoms with E-state index in [9.17, 15) is 9.59 Å². The van der Waals surface area contributed by atoms with Crippen LogP contribution in [0.2, 0.25) is 0 Å². The maximum absolute atomic E-state index is 11.6. The van der Waals surface area contributed by atoms with Gasteiger partial charge in [-0.15, -0.1) is 12.4 Å². The number of aryl methyl sites for hydroxylation is 1. The molecule has 1 rings (SSSR count). The summed E-state index contributed by atoms with van der Waals surface area (Å²) in [7, 11) is 1.73. The third kappa shape index (κ3) is 7.76. The van der Waals surface area contributed by atoms with Gasteiger partial charge >= 0.3 is 5.97 Å². The van der Waals surface area contributed by atoms with E-state index in [1.807, 2.05) is 31.2 Å². The Labute approximate surface area is 125 Å². The lowest BCUT2D eigenvalue weighted by molar-refractivity contribution is -0.137. The van der Waals surface area contributed by atoms with Crippen molar-refractivity contribution in [1.82, 2.24) is 10.2 Å². The maximum atomic E-state index is 11.6. The molecular formula is C14H21ClN2O3. The minimum atomic E-state index is -0.855. The second-order valence-electron chi connectivity index (χ2n) is 4.64. The third-order valence-electron chi connectivity index (χ3n) is 2.73. The number of hydrogen-bond acceptors (Lipinski definition) is 3. The summed E-state index contributed by atoms with van der Waals surface area (Å²) in [6.07, 6.45) is 0.0434. The van der Waals surface area contributed by atoms with Gasteiger partial charge in [-0.3, -0.25) is 14.5 Å². The normalized spacial score (nSPS) is 9.95. The van der Waals surface area contributed by atoms with Gasteiger partial charge in [-0.25, -0.2) is 0 Å². The molecule has 112 valence electrons. The van der Waals surface area contributed by atoms with Crippen LogP contribution in [-0.2, 0) is 16.1 Å². The lowest BCUT2D eigenvalue weighted by Gasteiger charge is -2.15. The summed E-state index contributed by atoms with van der Waals surface area (Å²) in [4.78, 5) is 23.7. The highest BCUT2D eigenvalue weighted by Crippen LogP contribution is 2.02. The molecule has 20 heavy (non-hydrogen) atoms. The van der Waals surface area contributed by atoms with Crippen molar-refractivity contribution in [2.75, 3.05) is 20.1 Å². The number of amides is 1. The van der Waals surface area contributed by atoms with Crippen molar-refractivity contribution in [3.05, 3.63) is 35.4 Å². The smallest absolute Gasteiger partial charge is 0.304 e. The minimum absolute atomic E-state index is 0. The highest BCUT2D eigenvalue weighted by Gasteiger charge is 2.07. The lowest BCUT2D eigenvalue weighted by atomic mass is 10.1. The molecule has 5 nitrogen and oxygen atoms in total. The van der Waals surface area contributed by atoms with Gasteiger partial charge in [0.2, 0.25) is 5.91 Å². The average Bonchev–Trinajstić information content (AvgIpc) is 2.36. The Morgan fingerprint density at radius 1 is 1.25 bits per heavy atom. The molecule has 1 aromatic rings. The highest BCUT2D eigenvalue weighted by molar-refractivity contribution is 5.85. The van der Waals surface area contributed by atoms with Gasteiger partial charge in [0.15, 0.2) is 0 Å². The molecule has 0 spiro atoms. The standard InChI is InChI=1S/C14H20N2O3.ClH/c1-11-3-5-12(6-4-11)9-15-13(17)10-16(2)8-7-14(18)19;/h3-6H,7-10H2,1-2H3,(H,15,17)(H,18,19);1H. The molecule has 0 aromatic heterocycles. The van der Waals surface area contributed by atoms with Crippen LogP contribution in [0.15, 0.2) is 24.3 Å². The zero-order valence-corrected chi connectivity index (χ0v) is 12.6. The van der Waals surface area contributed by atoms with Gasteiger partial charge in [-0.2, -0.15) is 0 Å². The Morgan fingerprint density at radius 2 is 1.85 bits per heavy atom. The van der Waals surface area contributed by atoms with E-state index in [4.69, 9.17) is 5.11 Å². The van der Waals surface area contributed by atoms with Crippen LogP contribution in [0.3, 0.4) is 0 Å². The first kappa shape index (κ1) is 18.4. The quantitative estimate of drug-likeness (QED) is 0.799. The van der Waals surface area contributed by atoms with Gasteiger partial charge in [-0.1, -0.05) is 29.8 Å². The van der Waals surface area contributed by atoms with Crippen molar-refractivity contribution in [3.63, 3.8) is 0 Å². The zero-order valence-electron chi connectivity index (χ0n) is 11.8. The van der Waals surface area contributed by atoms with E-state index in [-0.39, 0.29) is 31.3 Å². The number of nitrogens with zero attached hydrogens (tertiary/aromatic N) is 1. The predicted molar refractivity (Wildman–Crippen MR) is 80.0 cm³/mol. The number of hydrogen-bond donors (Lipinski definition) is 2. The fourth-order valence-electron chi connectivity index (χ4n) is 1.57. The largest absolute Gasteiger partial charge is 0.481 e. The van der Waals surface area contributed by atoms with Crippen LogP contribution in [0, 0.1) is 6.92 Å². The van der Waals surface area contributed by atoms with Crippen molar-refractivity contribution in [2.24, 2.45) is 0 Å². The molecule has 1 aromatic carbocycles. The van der Waals surface area contributed by atoms with E-state index in [1.165, 1.54) is 5.56 Å². The molecular weight excluding hydrogens is 280 g/mol. The summed E-state index contributed by atoms with van der Waals surface area (Å²) in [6, 6.07) is 7.95. The first-order valence-electron chi connectivity index (χ1n) is 6.20. The van der Waals surface area contributed by atoms with Crippen molar-refractivity contribution in [2.45, 2.75) is 19.9 Å². The molecule has 2 N–H and O–H groups in total. The van der Waals surface area contributed by atoms with Crippen LogP contribution in [0.25, 0.3) is 0 Å². The van der Waals surface area contributed by atoms with E-state index in [1.54, 1.807) is 11.9 Å². The van der Waals surface area contributed by atoms with Crippen molar-refractivity contribution in [3.8, 4) is 0 Å². The fraction of sp³-hybridized carbons (Fsp3) is 0.429. The molecule has 1 amide bonds. The van der Waals surface area contributed by atoms with E-state index < -0.39 is 5.97 Å². The van der Waals surface area contributed by atoms with Crippen LogP contribution in [-0.4, -0.2) is 42.0 Å². The molecule has 0 radical (unpaired) electrons. The predicted octanol–water partition coefficient (Wildman–Crippen LogP) is 1.44. The second kappa shape index (κ2) is 9.34. The van der Waals surface area contributed by atoms with Gasteiger partial charge < -0.3 is 10.4 Å². The monoisotopic (exact) mass is 300 g/mol. The van der Waals surface area contributed by atoms with E-state index in [0.29, 0.717) is 13.1 Å². The number of likely N-dealkylation sites (N-methyl/N-ethyl adjacent to an activating group) is 1. The Hall–Kier alpha value is -1.59. The van der Waals surface area contributed by atoms with Gasteiger partial charge in [-0.05, 0) is 19.5 Å². The van der Waals surface area contributed by atoms with Gasteiger partial charge in [0.05, 0.1) is 13.0 Å². The summed E-state index contributed by atoms with van der Waals surface area (Å²) in [5.41, 5.74) is 2.23. The van der Waals surface area contributed by atoms with Gasteiger partial charge in [0.1, 0.15) is 0 Å².